The Morgan fingerprint density at radius 3 is 2.75 bits per heavy atom. The summed E-state index contributed by atoms with van der Waals surface area (Å²) in [7, 11) is 0. The summed E-state index contributed by atoms with van der Waals surface area (Å²) in [5, 5.41) is 17.7. The molecule has 0 amide bonds. The first-order valence-corrected chi connectivity index (χ1v) is 6.76. The number of nitrogens with zero attached hydrogens (tertiary/aromatic N) is 2. The van der Waals surface area contributed by atoms with E-state index in [-0.39, 0.29) is 6.10 Å². The fourth-order valence-corrected chi connectivity index (χ4v) is 2.42. The number of ether oxygens (including phenoxy) is 1. The Bertz CT molecular complexity index is 484. The van der Waals surface area contributed by atoms with Gasteiger partial charge in [-0.1, -0.05) is 18.2 Å². The maximum absolute atomic E-state index is 10.9. The van der Waals surface area contributed by atoms with Crippen LogP contribution < -0.4 is 4.90 Å². The third-order valence-corrected chi connectivity index (χ3v) is 3.42. The molecule has 0 aromatic heterocycles. The Balaban J connectivity index is 1.98. The molecule has 0 spiro atoms. The summed E-state index contributed by atoms with van der Waals surface area (Å²) in [6.07, 6.45) is 0.959. The smallest absolute Gasteiger partial charge is 0.332 e. The second kappa shape index (κ2) is 6.92. The van der Waals surface area contributed by atoms with Crippen molar-refractivity contribution in [2.75, 3.05) is 18.0 Å². The van der Waals surface area contributed by atoms with Crippen LogP contribution in [-0.4, -0.2) is 36.4 Å². The van der Waals surface area contributed by atoms with Gasteiger partial charge < -0.3 is 14.7 Å². The minimum atomic E-state index is -0.893. The SMILES string of the molecule is N#CCCN(CC1CCC(C(=O)O)O1)c1ccccc1. The molecular formula is C15H18N2O3. The lowest BCUT2D eigenvalue weighted by molar-refractivity contribution is -0.149. The molecular weight excluding hydrogens is 256 g/mol. The van der Waals surface area contributed by atoms with Crippen molar-refractivity contribution >= 4 is 11.7 Å². The van der Waals surface area contributed by atoms with Crippen molar-refractivity contribution in [3.63, 3.8) is 0 Å². The molecule has 0 saturated carbocycles. The van der Waals surface area contributed by atoms with Crippen LogP contribution in [0.2, 0.25) is 0 Å². The summed E-state index contributed by atoms with van der Waals surface area (Å²) in [5.41, 5.74) is 1.03. The number of para-hydroxylation sites is 1. The highest BCUT2D eigenvalue weighted by Crippen LogP contribution is 2.23. The van der Waals surface area contributed by atoms with Crippen LogP contribution in [0.15, 0.2) is 30.3 Å². The van der Waals surface area contributed by atoms with Crippen LogP contribution in [-0.2, 0) is 9.53 Å². The molecule has 1 aromatic carbocycles. The van der Waals surface area contributed by atoms with Gasteiger partial charge in [0.2, 0.25) is 0 Å². The van der Waals surface area contributed by atoms with Gasteiger partial charge in [0.15, 0.2) is 6.10 Å². The number of rotatable bonds is 6. The zero-order valence-electron chi connectivity index (χ0n) is 11.2. The molecule has 1 fully saturated rings. The molecule has 0 radical (unpaired) electrons. The van der Waals surface area contributed by atoms with E-state index in [4.69, 9.17) is 15.1 Å². The summed E-state index contributed by atoms with van der Waals surface area (Å²) in [4.78, 5) is 13.0. The van der Waals surface area contributed by atoms with Gasteiger partial charge in [-0.15, -0.1) is 0 Å². The van der Waals surface area contributed by atoms with Gasteiger partial charge in [0.1, 0.15) is 0 Å². The molecule has 1 saturated heterocycles. The zero-order valence-corrected chi connectivity index (χ0v) is 11.2. The summed E-state index contributed by atoms with van der Waals surface area (Å²) in [5.74, 6) is -0.893. The summed E-state index contributed by atoms with van der Waals surface area (Å²) in [6, 6.07) is 12.0. The normalized spacial score (nSPS) is 21.4. The number of nitriles is 1. The fraction of sp³-hybridized carbons (Fsp3) is 0.467. The van der Waals surface area contributed by atoms with Crippen molar-refractivity contribution in [3.8, 4) is 6.07 Å². The van der Waals surface area contributed by atoms with Gasteiger partial charge in [0.05, 0.1) is 18.6 Å². The van der Waals surface area contributed by atoms with Gasteiger partial charge in [0.25, 0.3) is 0 Å². The molecule has 2 atom stereocenters. The first-order chi connectivity index (χ1) is 9.70. The predicted molar refractivity (Wildman–Crippen MR) is 74.4 cm³/mol. The number of aliphatic carboxylic acids is 1. The highest BCUT2D eigenvalue weighted by molar-refractivity contribution is 5.72. The standard InChI is InChI=1S/C15H18N2O3/c16-9-4-10-17(12-5-2-1-3-6-12)11-13-7-8-14(20-13)15(18)19/h1-3,5-6,13-14H,4,7-8,10-11H2,(H,18,19). The Hall–Kier alpha value is -2.06. The topological polar surface area (TPSA) is 73.6 Å². The van der Waals surface area contributed by atoms with E-state index in [1.807, 2.05) is 30.3 Å². The molecule has 106 valence electrons. The van der Waals surface area contributed by atoms with Crippen LogP contribution in [0.3, 0.4) is 0 Å². The van der Waals surface area contributed by atoms with Crippen molar-refractivity contribution in [1.82, 2.24) is 0 Å². The lowest BCUT2D eigenvalue weighted by Gasteiger charge is -2.26. The summed E-state index contributed by atoms with van der Waals surface area (Å²) < 4.78 is 5.53. The highest BCUT2D eigenvalue weighted by atomic mass is 16.5. The number of benzene rings is 1. The molecule has 1 aromatic rings. The van der Waals surface area contributed by atoms with Crippen LogP contribution in [0.25, 0.3) is 0 Å². The highest BCUT2D eigenvalue weighted by Gasteiger charge is 2.31. The monoisotopic (exact) mass is 274 g/mol. The van der Waals surface area contributed by atoms with Gasteiger partial charge in [-0.05, 0) is 25.0 Å². The molecule has 5 heteroatoms. The van der Waals surface area contributed by atoms with Crippen LogP contribution in [0.5, 0.6) is 0 Å². The van der Waals surface area contributed by atoms with Gasteiger partial charge >= 0.3 is 5.97 Å². The number of hydrogen-bond acceptors (Lipinski definition) is 4. The van der Waals surface area contributed by atoms with Crippen molar-refractivity contribution in [2.24, 2.45) is 0 Å². The first kappa shape index (κ1) is 14.4. The van der Waals surface area contributed by atoms with Crippen LogP contribution in [0.1, 0.15) is 19.3 Å². The number of carbonyl (C=O) groups is 1. The van der Waals surface area contributed by atoms with Crippen molar-refractivity contribution in [1.29, 1.82) is 5.26 Å². The predicted octanol–water partition coefficient (Wildman–Crippen LogP) is 2.04. The zero-order chi connectivity index (χ0) is 14.4. The van der Waals surface area contributed by atoms with Gasteiger partial charge in [-0.3, -0.25) is 0 Å². The van der Waals surface area contributed by atoms with Crippen molar-refractivity contribution in [2.45, 2.75) is 31.5 Å². The number of carboxylic acid groups (broad SMARTS) is 1. The average Bonchev–Trinajstić information content (AvgIpc) is 2.93. The van der Waals surface area contributed by atoms with Gasteiger partial charge in [-0.25, -0.2) is 4.79 Å². The molecule has 1 aliphatic rings. The summed E-state index contributed by atoms with van der Waals surface area (Å²) >= 11 is 0. The molecule has 20 heavy (non-hydrogen) atoms. The molecule has 2 unspecified atom stereocenters. The number of hydrogen-bond donors (Lipinski definition) is 1. The molecule has 1 heterocycles. The molecule has 5 nitrogen and oxygen atoms in total. The quantitative estimate of drug-likeness (QED) is 0.859. The maximum Gasteiger partial charge on any atom is 0.332 e. The van der Waals surface area contributed by atoms with E-state index in [1.54, 1.807) is 0 Å². The second-order valence-corrected chi connectivity index (χ2v) is 4.85. The third kappa shape index (κ3) is 3.72. The molecule has 0 bridgehead atoms. The third-order valence-electron chi connectivity index (χ3n) is 3.42. The fourth-order valence-electron chi connectivity index (χ4n) is 2.42. The van der Waals surface area contributed by atoms with Crippen LogP contribution >= 0.6 is 0 Å². The van der Waals surface area contributed by atoms with Crippen LogP contribution in [0.4, 0.5) is 5.69 Å². The minimum Gasteiger partial charge on any atom is -0.479 e. The molecule has 1 aliphatic heterocycles. The van der Waals surface area contributed by atoms with E-state index < -0.39 is 12.1 Å². The Morgan fingerprint density at radius 2 is 2.15 bits per heavy atom. The Labute approximate surface area is 118 Å². The molecule has 2 rings (SSSR count). The summed E-state index contributed by atoms with van der Waals surface area (Å²) in [6.45, 7) is 1.24. The Kier molecular flexibility index (Phi) is 4.97. The lowest BCUT2D eigenvalue weighted by atomic mass is 10.1. The van der Waals surface area contributed by atoms with E-state index in [0.29, 0.717) is 25.9 Å². The number of carboxylic acids is 1. The van der Waals surface area contributed by atoms with Crippen molar-refractivity contribution < 1.29 is 14.6 Å². The van der Waals surface area contributed by atoms with E-state index in [9.17, 15) is 4.79 Å². The van der Waals surface area contributed by atoms with Crippen molar-refractivity contribution in [3.05, 3.63) is 30.3 Å². The molecule has 0 aliphatic carbocycles. The minimum absolute atomic E-state index is 0.0880. The van der Waals surface area contributed by atoms with E-state index in [0.717, 1.165) is 12.1 Å². The van der Waals surface area contributed by atoms with E-state index in [2.05, 4.69) is 11.0 Å². The first-order valence-electron chi connectivity index (χ1n) is 6.76. The van der Waals surface area contributed by atoms with E-state index >= 15 is 0 Å². The van der Waals surface area contributed by atoms with Crippen LogP contribution in [0, 0.1) is 11.3 Å². The second-order valence-electron chi connectivity index (χ2n) is 4.85. The Morgan fingerprint density at radius 1 is 1.40 bits per heavy atom. The van der Waals surface area contributed by atoms with Gasteiger partial charge in [-0.2, -0.15) is 5.26 Å². The largest absolute Gasteiger partial charge is 0.479 e. The lowest BCUT2D eigenvalue weighted by Crippen LogP contribution is -2.34. The average molecular weight is 274 g/mol. The van der Waals surface area contributed by atoms with E-state index in [1.165, 1.54) is 0 Å². The maximum atomic E-state index is 10.9. The molecule has 1 N–H and O–H groups in total. The number of anilines is 1. The van der Waals surface area contributed by atoms with Gasteiger partial charge in [0, 0.05) is 18.8 Å².